The molecule has 2 aromatic rings. The molecule has 0 saturated carbocycles. The number of hydrogen-bond donors (Lipinski definition) is 2. The average molecular weight is 305 g/mol. The SMILES string of the molecule is Cc1ccc(Nc2nc(CN(C)CCC(=O)O)cs2)cc1. The van der Waals surface area contributed by atoms with Crippen LogP contribution in [0.5, 0.6) is 0 Å². The fourth-order valence-electron chi connectivity index (χ4n) is 1.84. The minimum absolute atomic E-state index is 0.148. The van der Waals surface area contributed by atoms with E-state index in [2.05, 4.69) is 29.4 Å². The van der Waals surface area contributed by atoms with Gasteiger partial charge in [-0.2, -0.15) is 0 Å². The predicted molar refractivity (Wildman–Crippen MR) is 85.2 cm³/mol. The van der Waals surface area contributed by atoms with Gasteiger partial charge in [-0.1, -0.05) is 17.7 Å². The summed E-state index contributed by atoms with van der Waals surface area (Å²) in [6.07, 6.45) is 0.148. The third kappa shape index (κ3) is 5.17. The highest BCUT2D eigenvalue weighted by atomic mass is 32.1. The summed E-state index contributed by atoms with van der Waals surface area (Å²) in [5.74, 6) is -0.776. The van der Waals surface area contributed by atoms with E-state index in [0.29, 0.717) is 13.1 Å². The highest BCUT2D eigenvalue weighted by Gasteiger charge is 2.07. The first-order chi connectivity index (χ1) is 10.0. The second-order valence-electron chi connectivity index (χ2n) is 5.02. The minimum atomic E-state index is -0.776. The van der Waals surface area contributed by atoms with Gasteiger partial charge in [-0.05, 0) is 26.1 Å². The second-order valence-corrected chi connectivity index (χ2v) is 5.87. The van der Waals surface area contributed by atoms with E-state index in [9.17, 15) is 4.79 Å². The number of aryl methyl sites for hydroxylation is 1. The van der Waals surface area contributed by atoms with Gasteiger partial charge in [-0.25, -0.2) is 4.98 Å². The number of benzene rings is 1. The molecule has 0 bridgehead atoms. The molecule has 0 atom stereocenters. The maximum Gasteiger partial charge on any atom is 0.304 e. The molecule has 0 aliphatic rings. The van der Waals surface area contributed by atoms with Crippen LogP contribution in [0.3, 0.4) is 0 Å². The van der Waals surface area contributed by atoms with E-state index in [1.54, 1.807) is 11.3 Å². The fraction of sp³-hybridized carbons (Fsp3) is 0.333. The standard InChI is InChI=1S/C15H19N3O2S/c1-11-3-5-12(6-4-11)16-15-17-13(10-21-15)9-18(2)8-7-14(19)20/h3-6,10H,7-9H2,1-2H3,(H,16,17)(H,19,20). The van der Waals surface area contributed by atoms with E-state index < -0.39 is 5.97 Å². The van der Waals surface area contributed by atoms with E-state index in [1.807, 2.05) is 29.5 Å². The number of hydrogen-bond acceptors (Lipinski definition) is 5. The number of carboxylic acid groups (broad SMARTS) is 1. The molecule has 0 aliphatic carbocycles. The third-order valence-corrected chi connectivity index (χ3v) is 3.80. The molecule has 1 aromatic carbocycles. The molecule has 2 N–H and O–H groups in total. The molecule has 0 spiro atoms. The fourth-order valence-corrected chi connectivity index (χ4v) is 2.56. The van der Waals surface area contributed by atoms with E-state index >= 15 is 0 Å². The van der Waals surface area contributed by atoms with E-state index in [1.165, 1.54) is 5.56 Å². The van der Waals surface area contributed by atoms with Crippen LogP contribution < -0.4 is 5.32 Å². The molecule has 2 rings (SSSR count). The van der Waals surface area contributed by atoms with Gasteiger partial charge in [0.25, 0.3) is 0 Å². The molecular formula is C15H19N3O2S. The molecule has 0 unspecified atom stereocenters. The van der Waals surface area contributed by atoms with Gasteiger partial charge < -0.3 is 10.4 Å². The first kappa shape index (κ1) is 15.5. The van der Waals surface area contributed by atoms with Crippen molar-refractivity contribution in [3.8, 4) is 0 Å². The van der Waals surface area contributed by atoms with Crippen LogP contribution >= 0.6 is 11.3 Å². The van der Waals surface area contributed by atoms with Crippen molar-refractivity contribution in [3.05, 3.63) is 40.9 Å². The Kier molecular flexibility index (Phi) is 5.30. The maximum absolute atomic E-state index is 10.5. The Morgan fingerprint density at radius 1 is 1.38 bits per heavy atom. The summed E-state index contributed by atoms with van der Waals surface area (Å²) in [5, 5.41) is 14.8. The molecule has 0 amide bonds. The number of nitrogens with zero attached hydrogens (tertiary/aromatic N) is 2. The number of rotatable bonds is 7. The maximum atomic E-state index is 10.5. The van der Waals surface area contributed by atoms with Gasteiger partial charge in [0.2, 0.25) is 0 Å². The Hall–Kier alpha value is -1.92. The van der Waals surface area contributed by atoms with Gasteiger partial charge in [0.05, 0.1) is 12.1 Å². The van der Waals surface area contributed by atoms with Crippen LogP contribution in [0.15, 0.2) is 29.6 Å². The Bertz CT molecular complexity index is 595. The lowest BCUT2D eigenvalue weighted by molar-refractivity contribution is -0.137. The lowest BCUT2D eigenvalue weighted by Gasteiger charge is -2.13. The summed E-state index contributed by atoms with van der Waals surface area (Å²) < 4.78 is 0. The number of anilines is 2. The van der Waals surface area contributed by atoms with Crippen LogP contribution in [-0.2, 0) is 11.3 Å². The van der Waals surface area contributed by atoms with Crippen LogP contribution in [0.25, 0.3) is 0 Å². The number of nitrogens with one attached hydrogen (secondary N) is 1. The molecule has 5 nitrogen and oxygen atoms in total. The Morgan fingerprint density at radius 3 is 2.76 bits per heavy atom. The average Bonchev–Trinajstić information content (AvgIpc) is 2.86. The third-order valence-electron chi connectivity index (χ3n) is 2.99. The smallest absolute Gasteiger partial charge is 0.304 e. The van der Waals surface area contributed by atoms with E-state index in [4.69, 9.17) is 5.11 Å². The van der Waals surface area contributed by atoms with Gasteiger partial charge >= 0.3 is 5.97 Å². The number of carboxylic acids is 1. The molecule has 0 fully saturated rings. The van der Waals surface area contributed by atoms with E-state index in [0.717, 1.165) is 16.5 Å². The lowest BCUT2D eigenvalue weighted by Crippen LogP contribution is -2.21. The molecule has 0 radical (unpaired) electrons. The van der Waals surface area contributed by atoms with Crippen LogP contribution in [0.1, 0.15) is 17.7 Å². The monoisotopic (exact) mass is 305 g/mol. The molecule has 6 heteroatoms. The van der Waals surface area contributed by atoms with Crippen LogP contribution in [0.4, 0.5) is 10.8 Å². The summed E-state index contributed by atoms with van der Waals surface area (Å²) in [4.78, 5) is 17.0. The zero-order chi connectivity index (χ0) is 15.2. The molecule has 0 aliphatic heterocycles. The summed E-state index contributed by atoms with van der Waals surface area (Å²) in [7, 11) is 1.90. The Labute approximate surface area is 128 Å². The molecule has 1 heterocycles. The minimum Gasteiger partial charge on any atom is -0.481 e. The van der Waals surface area contributed by atoms with Crippen LogP contribution in [0.2, 0.25) is 0 Å². The lowest BCUT2D eigenvalue weighted by atomic mass is 10.2. The van der Waals surface area contributed by atoms with Crippen LogP contribution in [0, 0.1) is 6.92 Å². The summed E-state index contributed by atoms with van der Waals surface area (Å²) in [6, 6.07) is 8.15. The topological polar surface area (TPSA) is 65.5 Å². The van der Waals surface area contributed by atoms with Gasteiger partial charge in [0, 0.05) is 24.2 Å². The number of carbonyl (C=O) groups is 1. The molecule has 1 aromatic heterocycles. The largest absolute Gasteiger partial charge is 0.481 e. The summed E-state index contributed by atoms with van der Waals surface area (Å²) >= 11 is 1.55. The Morgan fingerprint density at radius 2 is 2.10 bits per heavy atom. The number of aromatic nitrogens is 1. The van der Waals surface area contributed by atoms with Crippen molar-refractivity contribution in [2.45, 2.75) is 19.9 Å². The molecular weight excluding hydrogens is 286 g/mol. The van der Waals surface area contributed by atoms with Gasteiger partial charge in [0.15, 0.2) is 5.13 Å². The van der Waals surface area contributed by atoms with Crippen molar-refractivity contribution in [3.63, 3.8) is 0 Å². The van der Waals surface area contributed by atoms with Crippen molar-refractivity contribution >= 4 is 28.1 Å². The first-order valence-electron chi connectivity index (χ1n) is 6.71. The van der Waals surface area contributed by atoms with Crippen molar-refractivity contribution < 1.29 is 9.90 Å². The predicted octanol–water partition coefficient (Wildman–Crippen LogP) is 3.10. The highest BCUT2D eigenvalue weighted by molar-refractivity contribution is 7.13. The molecule has 21 heavy (non-hydrogen) atoms. The molecule has 112 valence electrons. The van der Waals surface area contributed by atoms with E-state index in [-0.39, 0.29) is 6.42 Å². The zero-order valence-electron chi connectivity index (χ0n) is 12.2. The number of thiazole rings is 1. The van der Waals surface area contributed by atoms with Crippen LogP contribution in [-0.4, -0.2) is 34.6 Å². The quantitative estimate of drug-likeness (QED) is 0.823. The normalized spacial score (nSPS) is 10.8. The van der Waals surface area contributed by atoms with Gasteiger partial charge in [-0.15, -0.1) is 11.3 Å². The highest BCUT2D eigenvalue weighted by Crippen LogP contribution is 2.21. The number of aliphatic carboxylic acids is 1. The summed E-state index contributed by atoms with van der Waals surface area (Å²) in [6.45, 7) is 3.23. The van der Waals surface area contributed by atoms with Crippen molar-refractivity contribution in [1.29, 1.82) is 0 Å². The summed E-state index contributed by atoms with van der Waals surface area (Å²) in [5.41, 5.74) is 3.18. The second kappa shape index (κ2) is 7.19. The van der Waals surface area contributed by atoms with Gasteiger partial charge in [0.1, 0.15) is 0 Å². The van der Waals surface area contributed by atoms with Crippen molar-refractivity contribution in [2.24, 2.45) is 0 Å². The molecule has 0 saturated heterocycles. The van der Waals surface area contributed by atoms with Gasteiger partial charge in [-0.3, -0.25) is 9.69 Å². The Balaban J connectivity index is 1.89. The van der Waals surface area contributed by atoms with Crippen molar-refractivity contribution in [1.82, 2.24) is 9.88 Å². The first-order valence-corrected chi connectivity index (χ1v) is 7.59. The zero-order valence-corrected chi connectivity index (χ0v) is 13.0. The van der Waals surface area contributed by atoms with Crippen molar-refractivity contribution in [2.75, 3.05) is 18.9 Å².